The highest BCUT2D eigenvalue weighted by Crippen LogP contribution is 2.13. The Morgan fingerprint density at radius 3 is 2.33 bits per heavy atom. The molecule has 0 saturated heterocycles. The van der Waals surface area contributed by atoms with Gasteiger partial charge >= 0.3 is 0 Å². The van der Waals surface area contributed by atoms with Gasteiger partial charge in [-0.3, -0.25) is 0 Å². The molecule has 0 aromatic carbocycles. The molecule has 1 heterocycles. The van der Waals surface area contributed by atoms with Crippen LogP contribution in [0.5, 0.6) is 0 Å². The van der Waals surface area contributed by atoms with Gasteiger partial charge in [0.15, 0.2) is 0 Å². The number of hydrogen-bond acceptors (Lipinski definition) is 1. The van der Waals surface area contributed by atoms with Crippen LogP contribution in [0.15, 0.2) is 35.7 Å². The second-order valence-corrected chi connectivity index (χ2v) is 4.89. The molecule has 2 aliphatic carbocycles. The maximum absolute atomic E-state index is 2.21. The molecular weight excluding hydrogens is 200 g/mol. The Morgan fingerprint density at radius 1 is 1.20 bits per heavy atom. The van der Waals surface area contributed by atoms with Crippen molar-refractivity contribution >= 4 is 11.3 Å². The molecule has 15 heavy (non-hydrogen) atoms. The first-order valence-electron chi connectivity index (χ1n) is 5.44. The van der Waals surface area contributed by atoms with Gasteiger partial charge in [-0.25, -0.2) is 0 Å². The Morgan fingerprint density at radius 2 is 2.07 bits per heavy atom. The van der Waals surface area contributed by atoms with E-state index in [-0.39, 0.29) is 0 Å². The zero-order chi connectivity index (χ0) is 10.7. The summed E-state index contributed by atoms with van der Waals surface area (Å²) in [5.41, 5.74) is 1.44. The number of aryl methyl sites for hydroxylation is 2. The second-order valence-electron chi connectivity index (χ2n) is 3.86. The Kier molecular flexibility index (Phi) is 3.22. The maximum Gasteiger partial charge on any atom is 0.00451 e. The van der Waals surface area contributed by atoms with Crippen molar-refractivity contribution in [3.63, 3.8) is 0 Å². The van der Waals surface area contributed by atoms with Crippen LogP contribution in [0, 0.1) is 17.4 Å². The van der Waals surface area contributed by atoms with Crippen molar-refractivity contribution in [1.82, 2.24) is 0 Å². The Labute approximate surface area is 94.9 Å². The first-order chi connectivity index (χ1) is 7.31. The summed E-state index contributed by atoms with van der Waals surface area (Å²) >= 11 is 1.85. The third-order valence-corrected chi connectivity index (χ3v) is 3.55. The molecule has 2 aliphatic rings. The van der Waals surface area contributed by atoms with Crippen LogP contribution in [0.2, 0.25) is 0 Å². The lowest BCUT2D eigenvalue weighted by molar-refractivity contribution is 0.940. The van der Waals surface area contributed by atoms with E-state index in [4.69, 9.17) is 0 Å². The van der Waals surface area contributed by atoms with Crippen molar-refractivity contribution in [2.75, 3.05) is 0 Å². The minimum absolute atomic E-state index is 1.25. The largest absolute Gasteiger partial charge is 0.149 e. The van der Waals surface area contributed by atoms with E-state index >= 15 is 0 Å². The average molecular weight is 216 g/mol. The van der Waals surface area contributed by atoms with Crippen molar-refractivity contribution < 1.29 is 0 Å². The van der Waals surface area contributed by atoms with Gasteiger partial charge in [0.05, 0.1) is 0 Å². The molecule has 0 nitrogen and oxygen atoms in total. The molecule has 0 radical (unpaired) electrons. The Balaban J connectivity index is 0.000000114. The summed E-state index contributed by atoms with van der Waals surface area (Å²) in [7, 11) is 0. The summed E-state index contributed by atoms with van der Waals surface area (Å²) in [4.78, 5) is 1.51. The number of thiophene rings is 1. The molecule has 0 unspecified atom stereocenters. The molecule has 1 aromatic rings. The van der Waals surface area contributed by atoms with Gasteiger partial charge in [-0.05, 0) is 40.8 Å². The summed E-state index contributed by atoms with van der Waals surface area (Å²) in [6, 6.07) is 10.8. The van der Waals surface area contributed by atoms with Crippen LogP contribution in [-0.4, -0.2) is 0 Å². The van der Waals surface area contributed by atoms with E-state index in [0.29, 0.717) is 0 Å². The molecule has 0 amide bonds. The van der Waals surface area contributed by atoms with Gasteiger partial charge in [-0.15, -0.1) is 11.3 Å². The molecule has 0 N–H and O–H groups in total. The van der Waals surface area contributed by atoms with Crippen LogP contribution in [0.4, 0.5) is 0 Å². The third kappa shape index (κ3) is 2.29. The molecular formula is C14H16S. The van der Waals surface area contributed by atoms with Gasteiger partial charge in [0.25, 0.3) is 0 Å². The van der Waals surface area contributed by atoms with E-state index in [1.807, 2.05) is 11.3 Å². The number of rotatable bonds is 2. The van der Waals surface area contributed by atoms with E-state index < -0.39 is 0 Å². The first-order valence-corrected chi connectivity index (χ1v) is 6.32. The van der Waals surface area contributed by atoms with Crippen LogP contribution < -0.4 is 0 Å². The molecule has 0 fully saturated rings. The highest BCUT2D eigenvalue weighted by molar-refractivity contribution is 7.09. The zero-order valence-electron chi connectivity index (χ0n) is 9.29. The van der Waals surface area contributed by atoms with Gasteiger partial charge in [0.1, 0.15) is 0 Å². The smallest absolute Gasteiger partial charge is 0.00451 e. The average Bonchev–Trinajstić information content (AvgIpc) is 2.68. The summed E-state index contributed by atoms with van der Waals surface area (Å²) < 4.78 is 0. The minimum Gasteiger partial charge on any atom is -0.149 e. The van der Waals surface area contributed by atoms with Gasteiger partial charge in [0.2, 0.25) is 0 Å². The van der Waals surface area contributed by atoms with E-state index in [2.05, 4.69) is 49.6 Å². The highest BCUT2D eigenvalue weighted by atomic mass is 32.1. The van der Waals surface area contributed by atoms with Crippen LogP contribution >= 0.6 is 11.3 Å². The van der Waals surface area contributed by atoms with Crippen LogP contribution in [0.25, 0.3) is 0 Å². The number of benzene rings is 1. The van der Waals surface area contributed by atoms with E-state index in [0.717, 1.165) is 0 Å². The molecule has 0 atom stereocenters. The lowest BCUT2D eigenvalue weighted by Gasteiger charge is -2.04. The molecule has 1 heteroatoms. The monoisotopic (exact) mass is 216 g/mol. The summed E-state index contributed by atoms with van der Waals surface area (Å²) in [6.07, 6.45) is 2.51. The number of hydrogen-bond donors (Lipinski definition) is 0. The maximum atomic E-state index is 2.21. The Bertz CT molecular complexity index is 509. The lowest BCUT2D eigenvalue weighted by atomic mass is 10.0. The topological polar surface area (TPSA) is 0 Å². The molecule has 0 saturated carbocycles. The van der Waals surface area contributed by atoms with Crippen molar-refractivity contribution in [2.24, 2.45) is 0 Å². The molecule has 0 spiro atoms. The van der Waals surface area contributed by atoms with Gasteiger partial charge in [0, 0.05) is 4.88 Å². The van der Waals surface area contributed by atoms with E-state index in [1.165, 1.54) is 33.7 Å². The van der Waals surface area contributed by atoms with E-state index in [1.54, 1.807) is 0 Å². The van der Waals surface area contributed by atoms with Gasteiger partial charge in [-0.2, -0.15) is 0 Å². The molecule has 0 aliphatic heterocycles. The van der Waals surface area contributed by atoms with Crippen molar-refractivity contribution in [3.8, 4) is 0 Å². The van der Waals surface area contributed by atoms with Crippen LogP contribution in [-0.2, 0) is 6.42 Å². The molecule has 0 bridgehead atoms. The fourth-order valence-corrected chi connectivity index (χ4v) is 2.49. The van der Waals surface area contributed by atoms with Crippen LogP contribution in [0.3, 0.4) is 0 Å². The lowest BCUT2D eigenvalue weighted by Crippen LogP contribution is -1.88. The Hall–Kier alpha value is -1.08. The molecule has 78 valence electrons. The quantitative estimate of drug-likeness (QED) is 0.599. The minimum atomic E-state index is 1.25. The summed E-state index contributed by atoms with van der Waals surface area (Å²) in [5.74, 6) is 0. The SMILES string of the molecule is CCCc1cccs1.Cc1cc2ccc1=2. The van der Waals surface area contributed by atoms with Crippen molar-refractivity contribution in [2.45, 2.75) is 26.7 Å². The summed E-state index contributed by atoms with van der Waals surface area (Å²) in [6.45, 7) is 4.35. The summed E-state index contributed by atoms with van der Waals surface area (Å²) in [5, 5.41) is 5.04. The predicted octanol–water partition coefficient (Wildman–Crippen LogP) is 4.30. The predicted molar refractivity (Wildman–Crippen MR) is 67.2 cm³/mol. The zero-order valence-corrected chi connectivity index (χ0v) is 10.1. The normalized spacial score (nSPS) is 10.5. The van der Waals surface area contributed by atoms with Crippen molar-refractivity contribution in [1.29, 1.82) is 0 Å². The fraction of sp³-hybridized carbons (Fsp3) is 0.286. The highest BCUT2D eigenvalue weighted by Gasteiger charge is 1.97. The standard InChI is InChI=1S/C7H10S.C7H6/c1-2-4-7-5-3-6-8-7;1-5-4-6-2-3-7(5)6/h3,5-6H,2,4H2,1H3;2-4H,1H3. The first kappa shape index (κ1) is 10.4. The van der Waals surface area contributed by atoms with Gasteiger partial charge < -0.3 is 0 Å². The van der Waals surface area contributed by atoms with Crippen molar-refractivity contribution in [3.05, 3.63) is 56.6 Å². The van der Waals surface area contributed by atoms with Gasteiger partial charge in [-0.1, -0.05) is 37.6 Å². The third-order valence-electron chi connectivity index (χ3n) is 2.61. The molecule has 1 aromatic heterocycles. The van der Waals surface area contributed by atoms with Crippen LogP contribution in [0.1, 0.15) is 23.8 Å². The van der Waals surface area contributed by atoms with E-state index in [9.17, 15) is 0 Å². The second kappa shape index (κ2) is 4.63. The molecule has 3 rings (SSSR count). The fourth-order valence-electron chi connectivity index (χ4n) is 1.68.